The van der Waals surface area contributed by atoms with Crippen LogP contribution in [-0.2, 0) is 12.8 Å². The Labute approximate surface area is 94.3 Å². The molecule has 2 aromatic rings. The van der Waals surface area contributed by atoms with E-state index in [0.717, 1.165) is 24.8 Å². The molecule has 0 bridgehead atoms. The summed E-state index contributed by atoms with van der Waals surface area (Å²) in [6, 6.07) is 8.49. The molecule has 2 nitrogen and oxygen atoms in total. The van der Waals surface area contributed by atoms with Crippen molar-refractivity contribution in [3.63, 3.8) is 0 Å². The number of carbonyl (C=O) groups is 1. The van der Waals surface area contributed by atoms with Gasteiger partial charge in [-0.3, -0.25) is 4.79 Å². The average Bonchev–Trinajstić information content (AvgIpc) is 2.72. The molecule has 1 aromatic carbocycles. The molecule has 0 unspecified atom stereocenters. The predicted molar refractivity (Wildman–Crippen MR) is 63.8 cm³/mol. The molecular weight excluding hydrogens is 198 g/mol. The molecule has 1 aromatic heterocycles. The highest BCUT2D eigenvalue weighted by Crippen LogP contribution is 2.33. The zero-order chi connectivity index (χ0) is 11.1. The molecular formula is C14H13NO. The summed E-state index contributed by atoms with van der Waals surface area (Å²) in [5.74, 6) is 0. The summed E-state index contributed by atoms with van der Waals surface area (Å²) in [4.78, 5) is 14.0. The fourth-order valence-corrected chi connectivity index (χ4v) is 2.43. The van der Waals surface area contributed by atoms with Crippen molar-refractivity contribution in [2.45, 2.75) is 19.8 Å². The fourth-order valence-electron chi connectivity index (χ4n) is 2.43. The average molecular weight is 211 g/mol. The summed E-state index contributed by atoms with van der Waals surface area (Å²) in [5.41, 5.74) is 6.97. The molecule has 0 radical (unpaired) electrons. The van der Waals surface area contributed by atoms with Gasteiger partial charge in [0.05, 0.1) is 5.69 Å². The SMILES string of the molecule is Cc1ccc2c(c1)-c1[nH]c(C=O)cc1CC2. The standard InChI is InChI=1S/C14H13NO/c1-9-2-3-10-4-5-11-7-12(8-16)15-14(11)13(10)6-9/h2-3,6-8,15H,4-5H2,1H3. The van der Waals surface area contributed by atoms with Crippen molar-refractivity contribution in [1.29, 1.82) is 0 Å². The largest absolute Gasteiger partial charge is 0.352 e. The lowest BCUT2D eigenvalue weighted by Crippen LogP contribution is -2.02. The minimum absolute atomic E-state index is 0.680. The molecule has 1 aliphatic carbocycles. The Kier molecular flexibility index (Phi) is 1.96. The third kappa shape index (κ3) is 1.30. The number of rotatable bonds is 1. The van der Waals surface area contributed by atoms with Crippen LogP contribution < -0.4 is 0 Å². The van der Waals surface area contributed by atoms with E-state index in [1.807, 2.05) is 6.07 Å². The number of aldehydes is 1. The second-order valence-corrected chi connectivity index (χ2v) is 4.40. The van der Waals surface area contributed by atoms with Gasteiger partial charge < -0.3 is 4.98 Å². The number of aryl methyl sites for hydroxylation is 3. The van der Waals surface area contributed by atoms with Gasteiger partial charge in [0.15, 0.2) is 6.29 Å². The van der Waals surface area contributed by atoms with Gasteiger partial charge in [0, 0.05) is 11.3 Å². The number of hydrogen-bond donors (Lipinski definition) is 1. The Morgan fingerprint density at radius 2 is 2.00 bits per heavy atom. The summed E-state index contributed by atoms with van der Waals surface area (Å²) in [6.45, 7) is 2.10. The lowest BCUT2D eigenvalue weighted by Gasteiger charge is -2.16. The highest BCUT2D eigenvalue weighted by atomic mass is 16.1. The molecule has 0 fully saturated rings. The first kappa shape index (κ1) is 9.40. The molecule has 1 heterocycles. The van der Waals surface area contributed by atoms with Crippen LogP contribution in [0.4, 0.5) is 0 Å². The Morgan fingerprint density at radius 3 is 2.81 bits per heavy atom. The number of nitrogens with one attached hydrogen (secondary N) is 1. The minimum atomic E-state index is 0.680. The molecule has 0 aliphatic heterocycles. The summed E-state index contributed by atoms with van der Waals surface area (Å²) >= 11 is 0. The maximum atomic E-state index is 10.8. The zero-order valence-corrected chi connectivity index (χ0v) is 9.21. The summed E-state index contributed by atoms with van der Waals surface area (Å²) in [6.07, 6.45) is 2.97. The van der Waals surface area contributed by atoms with Crippen LogP contribution in [0.2, 0.25) is 0 Å². The van der Waals surface area contributed by atoms with E-state index >= 15 is 0 Å². The third-order valence-electron chi connectivity index (χ3n) is 3.25. The second kappa shape index (κ2) is 3.34. The smallest absolute Gasteiger partial charge is 0.166 e. The zero-order valence-electron chi connectivity index (χ0n) is 9.21. The van der Waals surface area contributed by atoms with Crippen molar-refractivity contribution in [2.24, 2.45) is 0 Å². The van der Waals surface area contributed by atoms with Gasteiger partial charge in [0.25, 0.3) is 0 Å². The molecule has 80 valence electrons. The van der Waals surface area contributed by atoms with Gasteiger partial charge in [-0.15, -0.1) is 0 Å². The first-order chi connectivity index (χ1) is 7.78. The molecule has 0 amide bonds. The molecule has 2 heteroatoms. The molecule has 1 aliphatic rings. The van der Waals surface area contributed by atoms with Crippen molar-refractivity contribution in [3.05, 3.63) is 46.6 Å². The quantitative estimate of drug-likeness (QED) is 0.723. The maximum Gasteiger partial charge on any atom is 0.166 e. The Balaban J connectivity index is 2.24. The van der Waals surface area contributed by atoms with Crippen LogP contribution in [0.25, 0.3) is 11.3 Å². The van der Waals surface area contributed by atoms with Crippen LogP contribution in [0, 0.1) is 6.92 Å². The molecule has 1 N–H and O–H groups in total. The highest BCUT2D eigenvalue weighted by Gasteiger charge is 2.18. The normalized spacial score (nSPS) is 13.1. The van der Waals surface area contributed by atoms with Gasteiger partial charge in [0.2, 0.25) is 0 Å². The van der Waals surface area contributed by atoms with Crippen molar-refractivity contribution in [2.75, 3.05) is 0 Å². The fraction of sp³-hybridized carbons (Fsp3) is 0.214. The van der Waals surface area contributed by atoms with Crippen molar-refractivity contribution >= 4 is 6.29 Å². The van der Waals surface area contributed by atoms with Crippen LogP contribution in [0.1, 0.15) is 27.2 Å². The minimum Gasteiger partial charge on any atom is -0.352 e. The van der Waals surface area contributed by atoms with Gasteiger partial charge in [-0.25, -0.2) is 0 Å². The number of H-pyrrole nitrogens is 1. The van der Waals surface area contributed by atoms with Crippen molar-refractivity contribution in [3.8, 4) is 11.3 Å². The maximum absolute atomic E-state index is 10.8. The summed E-state index contributed by atoms with van der Waals surface area (Å²) in [7, 11) is 0. The predicted octanol–water partition coefficient (Wildman–Crippen LogP) is 2.90. The number of hydrogen-bond acceptors (Lipinski definition) is 1. The van der Waals surface area contributed by atoms with Crippen molar-refractivity contribution in [1.82, 2.24) is 4.98 Å². The monoisotopic (exact) mass is 211 g/mol. The number of aromatic nitrogens is 1. The van der Waals surface area contributed by atoms with E-state index in [1.54, 1.807) is 0 Å². The van der Waals surface area contributed by atoms with E-state index in [-0.39, 0.29) is 0 Å². The summed E-state index contributed by atoms with van der Waals surface area (Å²) in [5, 5.41) is 0. The van der Waals surface area contributed by atoms with E-state index < -0.39 is 0 Å². The molecule has 0 saturated carbocycles. The van der Waals surface area contributed by atoms with Crippen LogP contribution in [0.5, 0.6) is 0 Å². The second-order valence-electron chi connectivity index (χ2n) is 4.40. The summed E-state index contributed by atoms with van der Waals surface area (Å²) < 4.78 is 0. The van der Waals surface area contributed by atoms with Gasteiger partial charge in [-0.2, -0.15) is 0 Å². The van der Waals surface area contributed by atoms with E-state index in [9.17, 15) is 4.79 Å². The van der Waals surface area contributed by atoms with Crippen LogP contribution in [0.15, 0.2) is 24.3 Å². The lowest BCUT2D eigenvalue weighted by molar-refractivity contribution is 0.111. The lowest BCUT2D eigenvalue weighted by atomic mass is 9.89. The highest BCUT2D eigenvalue weighted by molar-refractivity contribution is 5.79. The topological polar surface area (TPSA) is 32.9 Å². The van der Waals surface area contributed by atoms with Gasteiger partial charge >= 0.3 is 0 Å². The van der Waals surface area contributed by atoms with Crippen LogP contribution >= 0.6 is 0 Å². The van der Waals surface area contributed by atoms with Crippen molar-refractivity contribution < 1.29 is 4.79 Å². The Hall–Kier alpha value is -1.83. The van der Waals surface area contributed by atoms with E-state index in [1.165, 1.54) is 22.3 Å². The molecule has 3 rings (SSSR count). The van der Waals surface area contributed by atoms with Crippen LogP contribution in [0.3, 0.4) is 0 Å². The molecule has 0 atom stereocenters. The third-order valence-corrected chi connectivity index (χ3v) is 3.25. The van der Waals surface area contributed by atoms with Gasteiger partial charge in [0.1, 0.15) is 0 Å². The number of carbonyl (C=O) groups excluding carboxylic acids is 1. The number of aromatic amines is 1. The van der Waals surface area contributed by atoms with Gasteiger partial charge in [-0.1, -0.05) is 17.7 Å². The van der Waals surface area contributed by atoms with E-state index in [4.69, 9.17) is 0 Å². The van der Waals surface area contributed by atoms with Gasteiger partial charge in [-0.05, 0) is 43.0 Å². The molecule has 0 spiro atoms. The first-order valence-electron chi connectivity index (χ1n) is 5.55. The Bertz CT molecular complexity index is 566. The molecule has 0 saturated heterocycles. The number of fused-ring (bicyclic) bond motifs is 3. The first-order valence-corrected chi connectivity index (χ1v) is 5.55. The number of benzene rings is 1. The van der Waals surface area contributed by atoms with E-state index in [2.05, 4.69) is 30.1 Å². The van der Waals surface area contributed by atoms with Crippen LogP contribution in [-0.4, -0.2) is 11.3 Å². The Morgan fingerprint density at radius 1 is 1.19 bits per heavy atom. The molecule has 16 heavy (non-hydrogen) atoms. The van der Waals surface area contributed by atoms with E-state index in [0.29, 0.717) is 5.69 Å².